The van der Waals surface area contributed by atoms with Crippen molar-refractivity contribution in [2.75, 3.05) is 20.8 Å². The van der Waals surface area contributed by atoms with Crippen molar-refractivity contribution >= 4 is 33.2 Å². The number of rotatable bonds is 7. The molecule has 1 aromatic carbocycles. The Morgan fingerprint density at radius 2 is 1.91 bits per heavy atom. The van der Waals surface area contributed by atoms with Gasteiger partial charge in [-0.15, -0.1) is 11.3 Å². The highest BCUT2D eigenvalue weighted by Gasteiger charge is 2.20. The number of benzene rings is 1. The zero-order valence-corrected chi connectivity index (χ0v) is 13.9. The van der Waals surface area contributed by atoms with E-state index >= 15 is 0 Å². The number of ketones is 1. The van der Waals surface area contributed by atoms with Gasteiger partial charge in [-0.2, -0.15) is 0 Å². The van der Waals surface area contributed by atoms with E-state index in [1.165, 1.54) is 20.3 Å². The molecule has 0 radical (unpaired) electrons. The summed E-state index contributed by atoms with van der Waals surface area (Å²) in [5.74, 6) is -0.941. The fourth-order valence-corrected chi connectivity index (χ4v) is 3.20. The largest absolute Gasteiger partial charge is 0.493 e. The van der Waals surface area contributed by atoms with E-state index < -0.39 is 11.8 Å². The highest BCUT2D eigenvalue weighted by molar-refractivity contribution is 7.20. The van der Waals surface area contributed by atoms with Crippen LogP contribution in [-0.4, -0.2) is 32.6 Å². The zero-order chi connectivity index (χ0) is 17.0. The lowest BCUT2D eigenvalue weighted by Gasteiger charge is -2.08. The Hall–Kier alpha value is -2.15. The van der Waals surface area contributed by atoms with E-state index in [-0.39, 0.29) is 36.7 Å². The number of methoxy groups -OCH3 is 2. The lowest BCUT2D eigenvalue weighted by molar-refractivity contribution is -0.143. The Morgan fingerprint density at radius 3 is 2.52 bits per heavy atom. The minimum Gasteiger partial charge on any atom is -0.493 e. The van der Waals surface area contributed by atoms with Crippen LogP contribution in [0.3, 0.4) is 0 Å². The number of hydrogen-bond acceptors (Lipinski definition) is 6. The minimum atomic E-state index is -0.567. The molecule has 0 aliphatic heterocycles. The van der Waals surface area contributed by atoms with Gasteiger partial charge < -0.3 is 14.2 Å². The Morgan fingerprint density at radius 1 is 1.17 bits per heavy atom. The van der Waals surface area contributed by atoms with E-state index in [1.807, 2.05) is 0 Å². The maximum atomic E-state index is 14.4. The molecule has 0 N–H and O–H groups in total. The van der Waals surface area contributed by atoms with Crippen molar-refractivity contribution in [3.63, 3.8) is 0 Å². The first-order valence-electron chi connectivity index (χ1n) is 7.04. The van der Waals surface area contributed by atoms with Crippen LogP contribution < -0.4 is 9.47 Å². The highest BCUT2D eigenvalue weighted by Crippen LogP contribution is 2.39. The predicted octanol–water partition coefficient (Wildman–Crippen LogP) is 3.58. The van der Waals surface area contributed by atoms with Crippen LogP contribution in [0.2, 0.25) is 0 Å². The molecule has 2 rings (SSSR count). The maximum absolute atomic E-state index is 14.4. The van der Waals surface area contributed by atoms with Crippen molar-refractivity contribution in [3.05, 3.63) is 22.8 Å². The second kappa shape index (κ2) is 7.41. The van der Waals surface area contributed by atoms with Gasteiger partial charge in [0.25, 0.3) is 0 Å². The summed E-state index contributed by atoms with van der Waals surface area (Å²) in [7, 11) is 2.77. The number of carbonyl (C=O) groups excluding carboxylic acids is 2. The molecular weight excluding hydrogens is 323 g/mol. The van der Waals surface area contributed by atoms with Crippen molar-refractivity contribution in [2.45, 2.75) is 19.8 Å². The molecular formula is C16H17FO5S. The standard InChI is InChI=1S/C16H17FO5S/c1-4-22-14(19)6-5-10(18)13-7-9-12(23-13)8-11(20-2)16(21-3)15(9)17/h7-8H,4-6H2,1-3H3. The third-order valence-electron chi connectivity index (χ3n) is 3.24. The van der Waals surface area contributed by atoms with E-state index in [0.717, 1.165) is 11.3 Å². The molecule has 0 bridgehead atoms. The Balaban J connectivity index is 2.28. The van der Waals surface area contributed by atoms with Crippen molar-refractivity contribution in [1.82, 2.24) is 0 Å². The second-order valence-electron chi connectivity index (χ2n) is 4.68. The smallest absolute Gasteiger partial charge is 0.306 e. The first-order chi connectivity index (χ1) is 11.0. The summed E-state index contributed by atoms with van der Waals surface area (Å²) in [6, 6.07) is 3.11. The van der Waals surface area contributed by atoms with Crippen LogP contribution in [0.25, 0.3) is 10.1 Å². The van der Waals surface area contributed by atoms with Crippen LogP contribution in [0, 0.1) is 5.82 Å². The van der Waals surface area contributed by atoms with Gasteiger partial charge in [0.05, 0.1) is 32.1 Å². The second-order valence-corrected chi connectivity index (χ2v) is 5.76. The van der Waals surface area contributed by atoms with E-state index in [9.17, 15) is 14.0 Å². The molecule has 0 saturated carbocycles. The molecule has 1 heterocycles. The van der Waals surface area contributed by atoms with Gasteiger partial charge >= 0.3 is 5.97 Å². The molecule has 0 saturated heterocycles. The quantitative estimate of drug-likeness (QED) is 0.569. The maximum Gasteiger partial charge on any atom is 0.306 e. The van der Waals surface area contributed by atoms with Gasteiger partial charge in [0, 0.05) is 22.6 Å². The summed E-state index contributed by atoms with van der Waals surface area (Å²) in [4.78, 5) is 23.9. The SMILES string of the molecule is CCOC(=O)CCC(=O)c1cc2c(F)c(OC)c(OC)cc2s1. The number of halogens is 1. The molecule has 2 aromatic rings. The molecule has 0 atom stereocenters. The average molecular weight is 340 g/mol. The van der Waals surface area contributed by atoms with E-state index in [0.29, 0.717) is 15.0 Å². The van der Waals surface area contributed by atoms with Gasteiger partial charge in [-0.1, -0.05) is 0 Å². The van der Waals surface area contributed by atoms with E-state index in [2.05, 4.69) is 0 Å². The monoisotopic (exact) mass is 340 g/mol. The number of fused-ring (bicyclic) bond motifs is 1. The fraction of sp³-hybridized carbons (Fsp3) is 0.375. The summed E-state index contributed by atoms with van der Waals surface area (Å²) in [5.41, 5.74) is 0. The van der Waals surface area contributed by atoms with Crippen LogP contribution >= 0.6 is 11.3 Å². The number of esters is 1. The topological polar surface area (TPSA) is 61.8 Å². The lowest BCUT2D eigenvalue weighted by atomic mass is 10.1. The molecule has 0 aliphatic rings. The third kappa shape index (κ3) is 3.61. The third-order valence-corrected chi connectivity index (χ3v) is 4.37. The van der Waals surface area contributed by atoms with Crippen molar-refractivity contribution in [3.8, 4) is 11.5 Å². The fourth-order valence-electron chi connectivity index (χ4n) is 2.15. The first-order valence-corrected chi connectivity index (χ1v) is 7.86. The van der Waals surface area contributed by atoms with Crippen molar-refractivity contribution in [2.24, 2.45) is 0 Å². The molecule has 1 aromatic heterocycles. The number of Topliss-reactive ketones (excluding diaryl/α,β-unsaturated/α-hetero) is 1. The number of ether oxygens (including phenoxy) is 3. The molecule has 7 heteroatoms. The van der Waals surface area contributed by atoms with E-state index in [1.54, 1.807) is 13.0 Å². The molecule has 0 aliphatic carbocycles. The average Bonchev–Trinajstić information content (AvgIpc) is 2.97. The van der Waals surface area contributed by atoms with Crippen LogP contribution in [-0.2, 0) is 9.53 Å². The van der Waals surface area contributed by atoms with E-state index in [4.69, 9.17) is 14.2 Å². The summed E-state index contributed by atoms with van der Waals surface area (Å²) in [6.45, 7) is 1.98. The molecule has 0 spiro atoms. The molecule has 23 heavy (non-hydrogen) atoms. The molecule has 5 nitrogen and oxygen atoms in total. The van der Waals surface area contributed by atoms with Gasteiger partial charge in [0.15, 0.2) is 23.1 Å². The van der Waals surface area contributed by atoms with Gasteiger partial charge in [-0.25, -0.2) is 4.39 Å². The zero-order valence-electron chi connectivity index (χ0n) is 13.1. The van der Waals surface area contributed by atoms with Gasteiger partial charge in [-0.05, 0) is 13.0 Å². The van der Waals surface area contributed by atoms with Crippen LogP contribution in [0.4, 0.5) is 4.39 Å². The van der Waals surface area contributed by atoms with Gasteiger partial charge in [-0.3, -0.25) is 9.59 Å². The first kappa shape index (κ1) is 17.2. The van der Waals surface area contributed by atoms with Crippen LogP contribution in [0.1, 0.15) is 29.4 Å². The highest BCUT2D eigenvalue weighted by atomic mass is 32.1. The molecule has 0 unspecified atom stereocenters. The molecule has 0 amide bonds. The van der Waals surface area contributed by atoms with Crippen molar-refractivity contribution in [1.29, 1.82) is 0 Å². The molecule has 124 valence electrons. The summed E-state index contributed by atoms with van der Waals surface area (Å²) >= 11 is 1.16. The lowest BCUT2D eigenvalue weighted by Crippen LogP contribution is -2.07. The Bertz CT molecular complexity index is 738. The Labute approximate surface area is 137 Å². The number of hydrogen-bond donors (Lipinski definition) is 0. The van der Waals surface area contributed by atoms with Crippen LogP contribution in [0.15, 0.2) is 12.1 Å². The van der Waals surface area contributed by atoms with Crippen molar-refractivity contribution < 1.29 is 28.2 Å². The minimum absolute atomic E-state index is 0.00308. The van der Waals surface area contributed by atoms with Gasteiger partial charge in [0.2, 0.25) is 0 Å². The van der Waals surface area contributed by atoms with Gasteiger partial charge in [0.1, 0.15) is 0 Å². The summed E-state index contributed by atoms with van der Waals surface area (Å²) in [5, 5.41) is 0.298. The summed E-state index contributed by atoms with van der Waals surface area (Å²) < 4.78 is 29.9. The molecule has 0 fully saturated rings. The number of carbonyl (C=O) groups is 2. The predicted molar refractivity (Wildman–Crippen MR) is 85.1 cm³/mol. The Kier molecular flexibility index (Phi) is 5.54. The van der Waals surface area contributed by atoms with Crippen LogP contribution in [0.5, 0.6) is 11.5 Å². The summed E-state index contributed by atoms with van der Waals surface area (Å²) in [6.07, 6.45) is 0.0393. The normalized spacial score (nSPS) is 10.6. The number of thiophene rings is 1.